The van der Waals surface area contributed by atoms with Crippen LogP contribution in [0.5, 0.6) is 0 Å². The number of aromatic nitrogens is 6. The summed E-state index contributed by atoms with van der Waals surface area (Å²) in [5.74, 6) is 0.761. The largest absolute Gasteiger partial charge is 0.352 e. The van der Waals surface area contributed by atoms with Crippen molar-refractivity contribution in [2.75, 3.05) is 13.2 Å². The molecule has 4 aromatic rings. The molecule has 8 saturated heterocycles. The zero-order valence-electron chi connectivity index (χ0n) is 39.0. The van der Waals surface area contributed by atoms with Crippen LogP contribution in [0.15, 0.2) is 60.9 Å². The van der Waals surface area contributed by atoms with Gasteiger partial charge in [0.15, 0.2) is 36.4 Å². The second-order valence-corrected chi connectivity index (χ2v) is 21.2. The van der Waals surface area contributed by atoms with Crippen molar-refractivity contribution in [3.05, 3.63) is 72.3 Å². The third-order valence-electron chi connectivity index (χ3n) is 17.2. The van der Waals surface area contributed by atoms with Crippen LogP contribution in [-0.4, -0.2) is 91.1 Å². The first kappa shape index (κ1) is 43.6. The number of rotatable bonds is 11. The van der Waals surface area contributed by atoms with E-state index >= 15 is 0 Å². The van der Waals surface area contributed by atoms with Gasteiger partial charge < -0.3 is 28.4 Å². The van der Waals surface area contributed by atoms with Gasteiger partial charge in [-0.05, 0) is 111 Å². The Morgan fingerprint density at radius 3 is 1.39 bits per heavy atom. The summed E-state index contributed by atoms with van der Waals surface area (Å²) in [4.78, 5) is 24.5. The summed E-state index contributed by atoms with van der Waals surface area (Å²) in [5, 5.41) is 17.8. The summed E-state index contributed by atoms with van der Waals surface area (Å²) in [7, 11) is 0. The maximum Gasteiger partial charge on any atom is 0.201 e. The molecule has 2 aromatic heterocycles. The van der Waals surface area contributed by atoms with Crippen molar-refractivity contribution in [2.45, 2.75) is 154 Å². The minimum absolute atomic E-state index is 0.122. The predicted octanol–water partition coefficient (Wildman–Crippen LogP) is 8.05. The van der Waals surface area contributed by atoms with Crippen molar-refractivity contribution >= 4 is 0 Å². The van der Waals surface area contributed by atoms with Crippen LogP contribution in [0, 0.1) is 47.3 Å². The second-order valence-electron chi connectivity index (χ2n) is 21.2. The fourth-order valence-corrected chi connectivity index (χ4v) is 13.4. The normalized spacial score (nSPS) is 42.3. The molecule has 16 atom stereocenters. The first-order valence-corrected chi connectivity index (χ1v) is 24.6. The zero-order valence-corrected chi connectivity index (χ0v) is 39.0. The Kier molecular flexibility index (Phi) is 10.9. The molecule has 0 N–H and O–H groups in total. The molecule has 16 heteroatoms. The molecule has 0 radical (unpaired) electrons. The van der Waals surface area contributed by atoms with Crippen LogP contribution in [0.25, 0.3) is 22.5 Å². The van der Waals surface area contributed by atoms with E-state index in [9.17, 15) is 0 Å². The van der Waals surface area contributed by atoms with Crippen LogP contribution in [0.1, 0.15) is 104 Å². The molecule has 14 rings (SSSR count). The van der Waals surface area contributed by atoms with E-state index in [4.69, 9.17) is 48.0 Å². The minimum Gasteiger partial charge on any atom is -0.352 e. The Balaban J connectivity index is 0.631. The highest BCUT2D eigenvalue weighted by Crippen LogP contribution is 2.62. The fraction of sp³-hybridized carbons (Fsp3) is 0.680. The molecule has 2 aromatic carbocycles. The van der Waals surface area contributed by atoms with Crippen molar-refractivity contribution < 1.29 is 48.0 Å². The lowest BCUT2D eigenvalue weighted by Gasteiger charge is -2.60. The molecule has 8 aliphatic heterocycles. The molecule has 2 spiro atoms. The Morgan fingerprint density at radius 1 is 0.545 bits per heavy atom. The van der Waals surface area contributed by atoms with Gasteiger partial charge in [-0.25, -0.2) is 28.9 Å². The number of benzene rings is 2. The van der Waals surface area contributed by atoms with Gasteiger partial charge in [-0.1, -0.05) is 62.4 Å². The van der Waals surface area contributed by atoms with E-state index in [0.29, 0.717) is 49.7 Å². The minimum atomic E-state index is -0.808. The van der Waals surface area contributed by atoms with Gasteiger partial charge in [0, 0.05) is 49.4 Å². The summed E-state index contributed by atoms with van der Waals surface area (Å²) < 4.78 is 42.7. The SMILES string of the molecule is C[C@H]1[C@H](OCCc2cn(-c3ccc(-c4ccc(-n5cc(CCO[C@@H]6O[C@@H]7O[C@@]8(C)CC[C@H]9[C@H](C)CC[C@@H]([C@H]6C)[C@@]79OO8)nn5)cc4)cc3)nn2)O[C@@H]2O[C@@]3(C)CC[C@H]4[C@H](C)CC[C@@H]1[C@@]24OO3. The lowest BCUT2D eigenvalue weighted by Crippen LogP contribution is -2.70. The number of ether oxygens (including phenoxy) is 6. The maximum absolute atomic E-state index is 6.60. The quantitative estimate of drug-likeness (QED) is 0.133. The summed E-state index contributed by atoms with van der Waals surface area (Å²) in [6, 6.07) is 16.6. The molecule has 0 amide bonds. The molecular weight excluding hydrogens is 845 g/mol. The topological polar surface area (TPSA) is 154 Å². The van der Waals surface area contributed by atoms with Crippen molar-refractivity contribution in [3.8, 4) is 22.5 Å². The van der Waals surface area contributed by atoms with E-state index in [0.717, 1.165) is 85.3 Å². The number of hydrogen-bond donors (Lipinski definition) is 0. The highest BCUT2D eigenvalue weighted by molar-refractivity contribution is 5.65. The van der Waals surface area contributed by atoms with Gasteiger partial charge in [0.1, 0.15) is 0 Å². The van der Waals surface area contributed by atoms with Gasteiger partial charge in [0.05, 0.1) is 48.4 Å². The molecule has 354 valence electrons. The third kappa shape index (κ3) is 7.15. The maximum atomic E-state index is 6.60. The molecule has 2 aliphatic carbocycles. The van der Waals surface area contributed by atoms with Gasteiger partial charge in [-0.2, -0.15) is 0 Å². The molecule has 2 saturated carbocycles. The fourth-order valence-electron chi connectivity index (χ4n) is 13.4. The molecule has 0 unspecified atom stereocenters. The van der Waals surface area contributed by atoms with Gasteiger partial charge >= 0.3 is 0 Å². The molecule has 10 fully saturated rings. The zero-order chi connectivity index (χ0) is 45.0. The van der Waals surface area contributed by atoms with E-state index in [1.165, 1.54) is 0 Å². The van der Waals surface area contributed by atoms with Crippen LogP contribution in [0.3, 0.4) is 0 Å². The van der Waals surface area contributed by atoms with E-state index in [-0.39, 0.29) is 23.7 Å². The summed E-state index contributed by atoms with van der Waals surface area (Å²) >= 11 is 0. The van der Waals surface area contributed by atoms with E-state index in [1.807, 2.05) is 26.2 Å². The van der Waals surface area contributed by atoms with Gasteiger partial charge in [-0.15, -0.1) is 10.2 Å². The van der Waals surface area contributed by atoms with Gasteiger partial charge in [0.25, 0.3) is 0 Å². The summed E-state index contributed by atoms with van der Waals surface area (Å²) in [5.41, 5.74) is 4.53. The Labute approximate surface area is 386 Å². The van der Waals surface area contributed by atoms with Crippen molar-refractivity contribution in [1.82, 2.24) is 30.0 Å². The lowest BCUT2D eigenvalue weighted by atomic mass is 9.58. The van der Waals surface area contributed by atoms with E-state index < -0.39 is 47.9 Å². The second kappa shape index (κ2) is 16.5. The highest BCUT2D eigenvalue weighted by atomic mass is 17.3. The molecular formula is C50H64N6O10. The standard InChI is InChI=1S/C50H64N6O10/c1-29-7-17-41-31(3)43(59-45-49(41)39(29)19-23-47(5,61-45)63-65-49)57-25-21-35-27-55(53-51-35)37-13-9-33(10-14-37)34-11-15-38(16-12-34)56-28-36(52-54-56)22-26-58-44-32(4)42-18-8-30(2)40-20-24-48(6)62-46(60-44)50(40,42)66-64-48/h9-16,27-32,39-46H,7-8,17-26H2,1-6H3/t29-,30-,31-,32-,39+,40+,41+,42+,43-,44-,45-,46-,47-,48-,49-,50-/m1/s1. The number of fused-ring (bicyclic) bond motifs is 4. The smallest absolute Gasteiger partial charge is 0.201 e. The predicted molar refractivity (Wildman–Crippen MR) is 235 cm³/mol. The Bertz CT molecular complexity index is 2220. The number of hydrogen-bond acceptors (Lipinski definition) is 14. The first-order chi connectivity index (χ1) is 31.9. The van der Waals surface area contributed by atoms with Crippen molar-refractivity contribution in [2.24, 2.45) is 47.3 Å². The van der Waals surface area contributed by atoms with Crippen LogP contribution in [0.4, 0.5) is 0 Å². The Morgan fingerprint density at radius 2 is 0.970 bits per heavy atom. The third-order valence-corrected chi connectivity index (χ3v) is 17.2. The monoisotopic (exact) mass is 908 g/mol. The van der Waals surface area contributed by atoms with Crippen molar-refractivity contribution in [1.29, 1.82) is 0 Å². The Hall–Kier alpha value is -3.68. The van der Waals surface area contributed by atoms with Crippen molar-refractivity contribution in [3.63, 3.8) is 0 Å². The van der Waals surface area contributed by atoms with E-state index in [1.54, 1.807) is 9.36 Å². The lowest BCUT2D eigenvalue weighted by molar-refractivity contribution is -0.577. The van der Waals surface area contributed by atoms with Crippen LogP contribution in [0.2, 0.25) is 0 Å². The molecule has 66 heavy (non-hydrogen) atoms. The van der Waals surface area contributed by atoms with Crippen LogP contribution in [-0.2, 0) is 60.8 Å². The molecule has 10 aliphatic rings. The average Bonchev–Trinajstić information content (AvgIpc) is 3.87. The summed E-state index contributed by atoms with van der Waals surface area (Å²) in [6.07, 6.45) is 11.2. The van der Waals surface area contributed by atoms with E-state index in [2.05, 4.69) is 96.9 Å². The molecule has 10 heterocycles. The molecule has 16 nitrogen and oxygen atoms in total. The first-order valence-electron chi connectivity index (χ1n) is 24.6. The average molecular weight is 909 g/mol. The summed E-state index contributed by atoms with van der Waals surface area (Å²) in [6.45, 7) is 13.9. The van der Waals surface area contributed by atoms with Gasteiger partial charge in [0.2, 0.25) is 11.6 Å². The highest BCUT2D eigenvalue weighted by Gasteiger charge is 2.71. The van der Waals surface area contributed by atoms with Gasteiger partial charge in [-0.3, -0.25) is 0 Å². The van der Waals surface area contributed by atoms with Crippen LogP contribution >= 0.6 is 0 Å². The molecule has 4 bridgehead atoms. The number of nitrogens with zero attached hydrogens (tertiary/aromatic N) is 6. The van der Waals surface area contributed by atoms with Crippen LogP contribution < -0.4 is 0 Å².